The number of ether oxygens (including phenoxy) is 1. The molecule has 238 valence electrons. The fourth-order valence-corrected chi connectivity index (χ4v) is 7.34. The fraction of sp³-hybridized carbons (Fsp3) is 0.382. The number of fused-ring (bicyclic) bond motifs is 1. The Morgan fingerprint density at radius 2 is 1.64 bits per heavy atom. The Bertz CT molecular complexity index is 1740. The van der Waals surface area contributed by atoms with Crippen molar-refractivity contribution >= 4 is 33.2 Å². The van der Waals surface area contributed by atoms with E-state index < -0.39 is 10.0 Å². The highest BCUT2D eigenvalue weighted by molar-refractivity contribution is 7.88. The van der Waals surface area contributed by atoms with Crippen LogP contribution in [0.1, 0.15) is 28.8 Å². The Morgan fingerprint density at radius 1 is 0.889 bits per heavy atom. The molecule has 3 heterocycles. The Morgan fingerprint density at radius 3 is 2.42 bits per heavy atom. The summed E-state index contributed by atoms with van der Waals surface area (Å²) in [6, 6.07) is 22.2. The Balaban J connectivity index is 1.27. The van der Waals surface area contributed by atoms with Gasteiger partial charge in [0.05, 0.1) is 25.2 Å². The van der Waals surface area contributed by atoms with Crippen LogP contribution in [0.2, 0.25) is 10.0 Å². The molecule has 0 aliphatic carbocycles. The minimum Gasteiger partial charge on any atom is -0.379 e. The average molecular weight is 669 g/mol. The number of morpholine rings is 1. The second kappa shape index (κ2) is 14.3. The van der Waals surface area contributed by atoms with Gasteiger partial charge in [-0.3, -0.25) is 9.58 Å². The molecule has 0 bridgehead atoms. The van der Waals surface area contributed by atoms with Crippen molar-refractivity contribution < 1.29 is 13.2 Å². The zero-order chi connectivity index (χ0) is 31.4. The van der Waals surface area contributed by atoms with Gasteiger partial charge in [0.15, 0.2) is 0 Å². The number of aryl methyl sites for hydroxylation is 1. The number of hydrogen-bond donors (Lipinski definition) is 1. The van der Waals surface area contributed by atoms with Gasteiger partial charge in [0, 0.05) is 91.2 Å². The first-order valence-electron chi connectivity index (χ1n) is 15.4. The van der Waals surface area contributed by atoms with Crippen LogP contribution in [0.4, 0.5) is 0 Å². The zero-order valence-corrected chi connectivity index (χ0v) is 27.8. The van der Waals surface area contributed by atoms with Crippen LogP contribution >= 0.6 is 23.2 Å². The van der Waals surface area contributed by atoms with Gasteiger partial charge >= 0.3 is 0 Å². The molecular weight excluding hydrogens is 629 g/mol. The first kappa shape index (κ1) is 32.2. The van der Waals surface area contributed by atoms with Crippen molar-refractivity contribution in [3.8, 4) is 22.4 Å². The summed E-state index contributed by atoms with van der Waals surface area (Å²) in [7, 11) is -3.34. The second-order valence-corrected chi connectivity index (χ2v) is 14.5. The number of aromatic nitrogens is 2. The third-order valence-corrected chi connectivity index (χ3v) is 10.5. The molecule has 1 fully saturated rings. The van der Waals surface area contributed by atoms with Gasteiger partial charge in [-0.05, 0) is 47.4 Å². The smallest absolute Gasteiger partial charge is 0.211 e. The summed E-state index contributed by atoms with van der Waals surface area (Å²) in [6.07, 6.45) is 2.86. The summed E-state index contributed by atoms with van der Waals surface area (Å²) in [5.41, 5.74) is 7.82. The lowest BCUT2D eigenvalue weighted by Gasteiger charge is -2.27. The molecule has 8 nitrogen and oxygen atoms in total. The van der Waals surface area contributed by atoms with Gasteiger partial charge in [-0.1, -0.05) is 65.7 Å². The van der Waals surface area contributed by atoms with Crippen LogP contribution < -0.4 is 5.32 Å². The normalized spacial score (nSPS) is 16.2. The minimum absolute atomic E-state index is 0.309. The van der Waals surface area contributed by atoms with Gasteiger partial charge in [-0.2, -0.15) is 9.40 Å². The van der Waals surface area contributed by atoms with Gasteiger partial charge in [-0.15, -0.1) is 0 Å². The number of sulfonamides is 1. The summed E-state index contributed by atoms with van der Waals surface area (Å²) in [5.74, 6) is 0. The average Bonchev–Trinajstić information content (AvgIpc) is 3.41. The molecule has 1 N–H and O–H groups in total. The SMILES string of the molecule is CS(=O)(=O)N1CCc2c(c(-c3ccc(Cl)c(-c4ccc(Cl)c(CNCc5ccccc5)c4)c3)nn2CCCN2CCOCC2)C1. The largest absolute Gasteiger partial charge is 0.379 e. The van der Waals surface area contributed by atoms with Gasteiger partial charge in [-0.25, -0.2) is 8.42 Å². The lowest BCUT2D eigenvalue weighted by atomic mass is 9.97. The number of nitrogens with zero attached hydrogens (tertiary/aromatic N) is 4. The van der Waals surface area contributed by atoms with E-state index in [0.717, 1.165) is 91.6 Å². The number of nitrogens with one attached hydrogen (secondary N) is 1. The maximum Gasteiger partial charge on any atom is 0.211 e. The van der Waals surface area contributed by atoms with E-state index in [9.17, 15) is 8.42 Å². The molecule has 11 heteroatoms. The monoisotopic (exact) mass is 667 g/mol. The standard InChI is InChI=1S/C34H39Cl2N5O3S/c1-45(42,43)40-15-12-33-30(24-40)34(38-41(33)14-5-13-39-16-18-44-19-17-39)27-9-11-32(36)29(21-27)26-8-10-31(35)28(20-26)23-37-22-25-6-3-2-4-7-25/h2-4,6-11,20-21,37H,5,12-19,22-24H2,1H3. The van der Waals surface area contributed by atoms with E-state index in [1.165, 1.54) is 11.8 Å². The van der Waals surface area contributed by atoms with Crippen LogP contribution in [-0.4, -0.2) is 73.1 Å². The van der Waals surface area contributed by atoms with E-state index in [-0.39, 0.29) is 0 Å². The molecule has 2 aliphatic heterocycles. The summed E-state index contributed by atoms with van der Waals surface area (Å²) >= 11 is 13.4. The van der Waals surface area contributed by atoms with Gasteiger partial charge in [0.25, 0.3) is 0 Å². The highest BCUT2D eigenvalue weighted by Gasteiger charge is 2.30. The predicted octanol–water partition coefficient (Wildman–Crippen LogP) is 5.85. The molecule has 0 amide bonds. The van der Waals surface area contributed by atoms with Crippen molar-refractivity contribution in [3.05, 3.63) is 99.2 Å². The molecule has 0 spiro atoms. The summed E-state index contributed by atoms with van der Waals surface area (Å²) in [5, 5.41) is 9.91. The van der Waals surface area contributed by atoms with Crippen molar-refractivity contribution in [2.45, 2.75) is 39.0 Å². The third-order valence-electron chi connectivity index (χ3n) is 8.60. The summed E-state index contributed by atoms with van der Waals surface area (Å²) in [6.45, 7) is 7.33. The first-order valence-corrected chi connectivity index (χ1v) is 18.0. The molecule has 1 aromatic heterocycles. The first-order chi connectivity index (χ1) is 21.8. The number of hydrogen-bond acceptors (Lipinski definition) is 6. The maximum absolute atomic E-state index is 12.5. The van der Waals surface area contributed by atoms with E-state index >= 15 is 0 Å². The molecule has 6 rings (SSSR count). The van der Waals surface area contributed by atoms with Crippen LogP contribution in [0, 0.1) is 0 Å². The number of rotatable bonds is 11. The highest BCUT2D eigenvalue weighted by Crippen LogP contribution is 2.37. The van der Waals surface area contributed by atoms with Crippen molar-refractivity contribution in [1.82, 2.24) is 24.3 Å². The Labute approximate surface area is 275 Å². The van der Waals surface area contributed by atoms with Crippen LogP contribution in [0.5, 0.6) is 0 Å². The topological polar surface area (TPSA) is 79.7 Å². The van der Waals surface area contributed by atoms with Gasteiger partial charge < -0.3 is 10.1 Å². The minimum atomic E-state index is -3.34. The van der Waals surface area contributed by atoms with E-state index in [2.05, 4.69) is 39.2 Å². The van der Waals surface area contributed by atoms with Crippen molar-refractivity contribution in [1.29, 1.82) is 0 Å². The predicted molar refractivity (Wildman–Crippen MR) is 181 cm³/mol. The van der Waals surface area contributed by atoms with Crippen molar-refractivity contribution in [2.75, 3.05) is 45.6 Å². The van der Waals surface area contributed by atoms with Crippen molar-refractivity contribution in [3.63, 3.8) is 0 Å². The van der Waals surface area contributed by atoms with E-state index in [4.69, 9.17) is 33.0 Å². The number of halogens is 2. The summed E-state index contributed by atoms with van der Waals surface area (Å²) < 4.78 is 34.2. The molecule has 1 saturated heterocycles. The fourth-order valence-electron chi connectivity index (χ4n) is 6.14. The molecule has 45 heavy (non-hydrogen) atoms. The lowest BCUT2D eigenvalue weighted by Crippen LogP contribution is -2.37. The van der Waals surface area contributed by atoms with E-state index in [0.29, 0.717) is 36.1 Å². The highest BCUT2D eigenvalue weighted by atomic mass is 35.5. The molecule has 2 aliphatic rings. The van der Waals surface area contributed by atoms with Crippen LogP contribution in [-0.2, 0) is 47.4 Å². The zero-order valence-electron chi connectivity index (χ0n) is 25.5. The summed E-state index contributed by atoms with van der Waals surface area (Å²) in [4.78, 5) is 2.43. The van der Waals surface area contributed by atoms with E-state index in [1.54, 1.807) is 4.31 Å². The molecule has 0 radical (unpaired) electrons. The molecule has 3 aromatic carbocycles. The molecule has 0 saturated carbocycles. The van der Waals surface area contributed by atoms with Crippen molar-refractivity contribution in [2.24, 2.45) is 0 Å². The molecule has 4 aromatic rings. The molecule has 0 unspecified atom stereocenters. The maximum atomic E-state index is 12.5. The van der Waals surface area contributed by atoms with Crippen LogP contribution in [0.15, 0.2) is 66.7 Å². The Hall–Kier alpha value is -2.76. The lowest BCUT2D eigenvalue weighted by molar-refractivity contribution is 0.0368. The third kappa shape index (κ3) is 7.80. The number of benzene rings is 3. The quantitative estimate of drug-likeness (QED) is 0.216. The Kier molecular flexibility index (Phi) is 10.3. The van der Waals surface area contributed by atoms with E-state index in [1.807, 2.05) is 42.5 Å². The van der Waals surface area contributed by atoms with Crippen LogP contribution in [0.25, 0.3) is 22.4 Å². The van der Waals surface area contributed by atoms with Gasteiger partial charge in [0.2, 0.25) is 10.0 Å². The molecular formula is C34H39Cl2N5O3S. The molecule has 0 atom stereocenters. The second-order valence-electron chi connectivity index (χ2n) is 11.7. The van der Waals surface area contributed by atoms with Gasteiger partial charge in [0.1, 0.15) is 0 Å². The van der Waals surface area contributed by atoms with Crippen LogP contribution in [0.3, 0.4) is 0 Å².